The molecule has 126 valence electrons. The number of aryl methyl sites for hydroxylation is 1. The van der Waals surface area contributed by atoms with Crippen LogP contribution in [0.1, 0.15) is 16.7 Å². The Bertz CT molecular complexity index is 1170. The number of aromatic amines is 1. The molecule has 0 unspecified atom stereocenters. The van der Waals surface area contributed by atoms with Gasteiger partial charge in [-0.2, -0.15) is 10.5 Å². The molecule has 3 aromatic rings. The fourth-order valence-electron chi connectivity index (χ4n) is 2.76. The topological polar surface area (TPSA) is 106 Å². The van der Waals surface area contributed by atoms with Crippen LogP contribution in [-0.4, -0.2) is 4.98 Å². The number of anilines is 1. The van der Waals surface area contributed by atoms with Crippen molar-refractivity contribution in [3.8, 4) is 34.4 Å². The minimum absolute atomic E-state index is 0.0217. The van der Waals surface area contributed by atoms with E-state index >= 15 is 0 Å². The molecule has 5 nitrogen and oxygen atoms in total. The molecule has 0 atom stereocenters. The lowest BCUT2D eigenvalue weighted by Crippen LogP contribution is -2.16. The molecule has 3 rings (SSSR count). The minimum Gasteiger partial charge on any atom is -0.384 e. The standard InChI is InChI=1S/C20H13FN4O/c1-11-5-6-13(8-17(11)21)12-3-2-4-14(7-12)18-15(9-22)19(24)25-20(26)16(18)10-23/h2-8H,1H3,(H3,24,25,26). The number of pyridine rings is 1. The number of H-pyrrole nitrogens is 1. The fraction of sp³-hybridized carbons (Fsp3) is 0.0500. The largest absolute Gasteiger partial charge is 0.384 e. The molecule has 0 aliphatic heterocycles. The first-order valence-electron chi connectivity index (χ1n) is 7.69. The van der Waals surface area contributed by atoms with Gasteiger partial charge in [0.15, 0.2) is 0 Å². The number of benzene rings is 2. The van der Waals surface area contributed by atoms with Gasteiger partial charge in [-0.05, 0) is 41.3 Å². The third kappa shape index (κ3) is 2.81. The van der Waals surface area contributed by atoms with Gasteiger partial charge in [0.1, 0.15) is 34.9 Å². The molecule has 0 radical (unpaired) electrons. The Balaban J connectivity index is 2.28. The van der Waals surface area contributed by atoms with Crippen molar-refractivity contribution in [2.24, 2.45) is 0 Å². The number of rotatable bonds is 2. The van der Waals surface area contributed by atoms with Crippen LogP contribution in [-0.2, 0) is 0 Å². The van der Waals surface area contributed by atoms with Gasteiger partial charge in [0, 0.05) is 5.56 Å². The Morgan fingerprint density at radius 3 is 2.31 bits per heavy atom. The van der Waals surface area contributed by atoms with Crippen molar-refractivity contribution in [1.82, 2.24) is 4.98 Å². The van der Waals surface area contributed by atoms with Crippen molar-refractivity contribution in [3.63, 3.8) is 0 Å². The Morgan fingerprint density at radius 2 is 1.65 bits per heavy atom. The Labute approximate surface area is 148 Å². The summed E-state index contributed by atoms with van der Waals surface area (Å²) in [5.74, 6) is -0.429. The summed E-state index contributed by atoms with van der Waals surface area (Å²) in [5, 5.41) is 18.8. The molecule has 26 heavy (non-hydrogen) atoms. The third-order valence-corrected chi connectivity index (χ3v) is 4.12. The molecular weight excluding hydrogens is 331 g/mol. The van der Waals surface area contributed by atoms with Gasteiger partial charge in [-0.3, -0.25) is 4.79 Å². The van der Waals surface area contributed by atoms with Gasteiger partial charge >= 0.3 is 0 Å². The lowest BCUT2D eigenvalue weighted by Gasteiger charge is -2.11. The van der Waals surface area contributed by atoms with Crippen molar-refractivity contribution in [2.75, 3.05) is 5.73 Å². The summed E-state index contributed by atoms with van der Waals surface area (Å²) in [6.07, 6.45) is 0. The van der Waals surface area contributed by atoms with Crippen molar-refractivity contribution >= 4 is 5.82 Å². The number of hydrogen-bond acceptors (Lipinski definition) is 4. The molecule has 0 spiro atoms. The van der Waals surface area contributed by atoms with Crippen LogP contribution in [0, 0.1) is 35.4 Å². The summed E-state index contributed by atoms with van der Waals surface area (Å²) in [4.78, 5) is 14.4. The van der Waals surface area contributed by atoms with E-state index in [0.717, 1.165) is 0 Å². The van der Waals surface area contributed by atoms with Gasteiger partial charge in [-0.25, -0.2) is 4.39 Å². The molecule has 0 saturated carbocycles. The zero-order chi connectivity index (χ0) is 18.8. The van der Waals surface area contributed by atoms with E-state index in [1.807, 2.05) is 12.1 Å². The quantitative estimate of drug-likeness (QED) is 0.742. The lowest BCUT2D eigenvalue weighted by atomic mass is 9.93. The van der Waals surface area contributed by atoms with Gasteiger partial charge in [0.25, 0.3) is 5.56 Å². The number of nitrogens with zero attached hydrogens (tertiary/aromatic N) is 2. The van der Waals surface area contributed by atoms with E-state index in [-0.39, 0.29) is 28.3 Å². The maximum atomic E-state index is 13.9. The highest BCUT2D eigenvalue weighted by atomic mass is 19.1. The monoisotopic (exact) mass is 344 g/mol. The molecule has 0 saturated heterocycles. The van der Waals surface area contributed by atoms with Crippen molar-refractivity contribution in [3.05, 3.63) is 75.3 Å². The van der Waals surface area contributed by atoms with Gasteiger partial charge in [-0.15, -0.1) is 0 Å². The highest BCUT2D eigenvalue weighted by molar-refractivity contribution is 5.82. The third-order valence-electron chi connectivity index (χ3n) is 4.12. The van der Waals surface area contributed by atoms with Gasteiger partial charge in [-0.1, -0.05) is 30.3 Å². The first kappa shape index (κ1) is 16.9. The zero-order valence-electron chi connectivity index (χ0n) is 13.8. The van der Waals surface area contributed by atoms with E-state index < -0.39 is 5.56 Å². The highest BCUT2D eigenvalue weighted by Gasteiger charge is 2.18. The van der Waals surface area contributed by atoms with Gasteiger partial charge < -0.3 is 10.7 Å². The SMILES string of the molecule is Cc1ccc(-c2cccc(-c3c(C#N)c(N)[nH]c(=O)c3C#N)c2)cc1F. The summed E-state index contributed by atoms with van der Waals surface area (Å²) < 4.78 is 13.9. The number of nitrogen functional groups attached to an aromatic ring is 1. The van der Waals surface area contributed by atoms with Crippen molar-refractivity contribution in [2.45, 2.75) is 6.92 Å². The Morgan fingerprint density at radius 1 is 1.00 bits per heavy atom. The van der Waals surface area contributed by atoms with E-state index in [9.17, 15) is 19.7 Å². The van der Waals surface area contributed by atoms with E-state index in [4.69, 9.17) is 5.73 Å². The normalized spacial score (nSPS) is 10.2. The number of nitrogens with one attached hydrogen (secondary N) is 1. The molecule has 0 bridgehead atoms. The van der Waals surface area contributed by atoms with Crippen molar-refractivity contribution in [1.29, 1.82) is 10.5 Å². The fourth-order valence-corrected chi connectivity index (χ4v) is 2.76. The highest BCUT2D eigenvalue weighted by Crippen LogP contribution is 2.31. The average molecular weight is 344 g/mol. The van der Waals surface area contributed by atoms with Gasteiger partial charge in [0.05, 0.1) is 0 Å². The summed E-state index contributed by atoms with van der Waals surface area (Å²) in [5.41, 5.74) is 7.43. The maximum Gasteiger partial charge on any atom is 0.268 e. The second-order valence-electron chi connectivity index (χ2n) is 5.76. The summed E-state index contributed by atoms with van der Waals surface area (Å²) >= 11 is 0. The number of nitriles is 2. The molecule has 1 aromatic heterocycles. The molecular formula is C20H13FN4O. The van der Waals surface area contributed by atoms with E-state index in [1.54, 1.807) is 43.3 Å². The van der Waals surface area contributed by atoms with Gasteiger partial charge in [0.2, 0.25) is 0 Å². The summed E-state index contributed by atoms with van der Waals surface area (Å²) in [6, 6.07) is 15.5. The number of aromatic nitrogens is 1. The minimum atomic E-state index is -0.661. The lowest BCUT2D eigenvalue weighted by molar-refractivity contribution is 0.619. The molecule has 3 N–H and O–H groups in total. The molecule has 0 aliphatic carbocycles. The number of halogens is 1. The second-order valence-corrected chi connectivity index (χ2v) is 5.76. The number of hydrogen-bond donors (Lipinski definition) is 2. The molecule has 1 heterocycles. The van der Waals surface area contributed by atoms with Crippen molar-refractivity contribution < 1.29 is 4.39 Å². The van der Waals surface area contributed by atoms with Crippen LogP contribution in [0.2, 0.25) is 0 Å². The van der Waals surface area contributed by atoms with E-state index in [0.29, 0.717) is 22.3 Å². The van der Waals surface area contributed by atoms with Crippen LogP contribution >= 0.6 is 0 Å². The first-order chi connectivity index (χ1) is 12.5. The average Bonchev–Trinajstić information content (AvgIpc) is 2.63. The number of nitrogens with two attached hydrogens (primary N) is 1. The predicted molar refractivity (Wildman–Crippen MR) is 96.5 cm³/mol. The molecule has 2 aromatic carbocycles. The summed E-state index contributed by atoms with van der Waals surface area (Å²) in [6.45, 7) is 1.67. The van der Waals surface area contributed by atoms with Crippen LogP contribution in [0.25, 0.3) is 22.3 Å². The van der Waals surface area contributed by atoms with Crippen LogP contribution in [0.15, 0.2) is 47.3 Å². The smallest absolute Gasteiger partial charge is 0.268 e. The Hall–Kier alpha value is -3.90. The zero-order valence-corrected chi connectivity index (χ0v) is 13.8. The predicted octanol–water partition coefficient (Wildman–Crippen LogP) is 3.48. The Kier molecular flexibility index (Phi) is 4.26. The van der Waals surface area contributed by atoms with Crippen LogP contribution in [0.3, 0.4) is 0 Å². The second kappa shape index (κ2) is 6.54. The molecule has 0 fully saturated rings. The van der Waals surface area contributed by atoms with E-state index in [1.165, 1.54) is 6.07 Å². The van der Waals surface area contributed by atoms with Crippen LogP contribution in [0.4, 0.5) is 10.2 Å². The molecule has 0 aliphatic rings. The molecule has 0 amide bonds. The molecule has 6 heteroatoms. The van der Waals surface area contributed by atoms with Crippen LogP contribution in [0.5, 0.6) is 0 Å². The van der Waals surface area contributed by atoms with E-state index in [2.05, 4.69) is 4.98 Å². The first-order valence-corrected chi connectivity index (χ1v) is 7.69. The van der Waals surface area contributed by atoms with Crippen LogP contribution < -0.4 is 11.3 Å². The summed E-state index contributed by atoms with van der Waals surface area (Å²) in [7, 11) is 0. The maximum absolute atomic E-state index is 13.9.